The number of carbonyl (C=O) groups excluding carboxylic acids is 1. The van der Waals surface area contributed by atoms with Crippen molar-refractivity contribution in [2.45, 2.75) is 33.2 Å². The third-order valence-corrected chi connectivity index (χ3v) is 2.05. The van der Waals surface area contributed by atoms with E-state index in [1.807, 2.05) is 13.0 Å². The van der Waals surface area contributed by atoms with Gasteiger partial charge in [0.25, 0.3) is 0 Å². The van der Waals surface area contributed by atoms with Crippen LogP contribution in [0.25, 0.3) is 0 Å². The van der Waals surface area contributed by atoms with Gasteiger partial charge in [0.1, 0.15) is 6.04 Å². The molecule has 4 heteroatoms. The van der Waals surface area contributed by atoms with Gasteiger partial charge in [0.05, 0.1) is 12.3 Å². The molecule has 4 nitrogen and oxygen atoms in total. The zero-order valence-electron chi connectivity index (χ0n) is 8.86. The van der Waals surface area contributed by atoms with E-state index in [1.54, 1.807) is 24.7 Å². The Hall–Kier alpha value is -1.32. The molecule has 1 heterocycles. The first-order valence-electron chi connectivity index (χ1n) is 4.89. The quantitative estimate of drug-likeness (QED) is 0.686. The molecule has 0 bridgehead atoms. The van der Waals surface area contributed by atoms with Crippen LogP contribution < -0.4 is 0 Å². The van der Waals surface area contributed by atoms with Crippen LogP contribution in [0.3, 0.4) is 0 Å². The molecular formula is C10H16N2O2. The van der Waals surface area contributed by atoms with E-state index in [1.165, 1.54) is 0 Å². The van der Waals surface area contributed by atoms with Crippen molar-refractivity contribution in [1.29, 1.82) is 0 Å². The van der Waals surface area contributed by atoms with Crippen LogP contribution in [0.5, 0.6) is 0 Å². The van der Waals surface area contributed by atoms with E-state index in [2.05, 4.69) is 5.10 Å². The van der Waals surface area contributed by atoms with Crippen LogP contribution in [0.1, 0.15) is 32.5 Å². The highest BCUT2D eigenvalue weighted by Gasteiger charge is 2.16. The lowest BCUT2D eigenvalue weighted by Gasteiger charge is -2.10. The smallest absolute Gasteiger partial charge is 0.330 e. The van der Waals surface area contributed by atoms with Crippen molar-refractivity contribution in [2.75, 3.05) is 6.61 Å². The summed E-state index contributed by atoms with van der Waals surface area (Å²) in [6.07, 6.45) is 2.68. The molecule has 0 saturated heterocycles. The summed E-state index contributed by atoms with van der Waals surface area (Å²) in [4.78, 5) is 11.4. The molecule has 0 fully saturated rings. The maximum absolute atomic E-state index is 11.4. The van der Waals surface area contributed by atoms with Gasteiger partial charge in [-0.15, -0.1) is 0 Å². The van der Waals surface area contributed by atoms with Gasteiger partial charge in [0.2, 0.25) is 0 Å². The molecule has 14 heavy (non-hydrogen) atoms. The molecule has 0 amide bonds. The van der Waals surface area contributed by atoms with Crippen molar-refractivity contribution >= 4 is 5.97 Å². The number of hydrogen-bond acceptors (Lipinski definition) is 3. The van der Waals surface area contributed by atoms with E-state index in [9.17, 15) is 4.79 Å². The highest BCUT2D eigenvalue weighted by molar-refractivity contribution is 5.73. The molecule has 1 aromatic rings. The van der Waals surface area contributed by atoms with E-state index in [0.717, 1.165) is 12.1 Å². The fourth-order valence-electron chi connectivity index (χ4n) is 1.15. The molecule has 1 rings (SSSR count). The topological polar surface area (TPSA) is 44.1 Å². The number of rotatable bonds is 4. The molecule has 0 aliphatic rings. The third-order valence-electron chi connectivity index (χ3n) is 2.05. The Labute approximate surface area is 83.9 Å². The molecule has 78 valence electrons. The van der Waals surface area contributed by atoms with Crippen LogP contribution in [-0.4, -0.2) is 22.4 Å². The van der Waals surface area contributed by atoms with Crippen LogP contribution in [0.2, 0.25) is 0 Å². The fraction of sp³-hybridized carbons (Fsp3) is 0.600. The van der Waals surface area contributed by atoms with Crippen LogP contribution in [0.15, 0.2) is 12.3 Å². The molecule has 1 aromatic heterocycles. The number of aryl methyl sites for hydroxylation is 1. The van der Waals surface area contributed by atoms with Gasteiger partial charge in [-0.1, -0.05) is 6.92 Å². The van der Waals surface area contributed by atoms with Gasteiger partial charge in [-0.05, 0) is 26.3 Å². The first kappa shape index (κ1) is 10.8. The number of esters is 1. The second-order valence-electron chi connectivity index (χ2n) is 3.07. The molecule has 0 saturated carbocycles. The van der Waals surface area contributed by atoms with Crippen LogP contribution in [0, 0.1) is 0 Å². The zero-order valence-corrected chi connectivity index (χ0v) is 8.86. The summed E-state index contributed by atoms with van der Waals surface area (Å²) >= 11 is 0. The Kier molecular flexibility index (Phi) is 3.68. The summed E-state index contributed by atoms with van der Waals surface area (Å²) in [7, 11) is 0. The van der Waals surface area contributed by atoms with Crippen molar-refractivity contribution in [2.24, 2.45) is 0 Å². The monoisotopic (exact) mass is 196 g/mol. The predicted octanol–water partition coefficient (Wildman–Crippen LogP) is 1.57. The van der Waals surface area contributed by atoms with Crippen LogP contribution in [0.4, 0.5) is 0 Å². The van der Waals surface area contributed by atoms with Crippen molar-refractivity contribution < 1.29 is 9.53 Å². The lowest BCUT2D eigenvalue weighted by molar-refractivity contribution is -0.146. The molecule has 0 spiro atoms. The first-order valence-corrected chi connectivity index (χ1v) is 4.89. The molecule has 0 aromatic carbocycles. The Morgan fingerprint density at radius 2 is 2.36 bits per heavy atom. The Morgan fingerprint density at radius 3 is 2.86 bits per heavy atom. The van der Waals surface area contributed by atoms with Gasteiger partial charge in [0, 0.05) is 6.20 Å². The van der Waals surface area contributed by atoms with Gasteiger partial charge in [0.15, 0.2) is 0 Å². The van der Waals surface area contributed by atoms with Gasteiger partial charge >= 0.3 is 5.97 Å². The SMILES string of the molecule is CCOC(=O)C(C)n1ccc(CC)n1. The lowest BCUT2D eigenvalue weighted by atomic mass is 10.3. The predicted molar refractivity (Wildman–Crippen MR) is 52.9 cm³/mol. The molecular weight excluding hydrogens is 180 g/mol. The molecule has 1 unspecified atom stereocenters. The van der Waals surface area contributed by atoms with Gasteiger partial charge < -0.3 is 4.74 Å². The Balaban J connectivity index is 2.68. The average molecular weight is 196 g/mol. The van der Waals surface area contributed by atoms with Crippen molar-refractivity contribution in [1.82, 2.24) is 9.78 Å². The normalized spacial score (nSPS) is 12.5. The molecule has 1 atom stereocenters. The second-order valence-corrected chi connectivity index (χ2v) is 3.07. The van der Waals surface area contributed by atoms with Gasteiger partial charge in [-0.3, -0.25) is 4.68 Å². The Bertz CT molecular complexity index is 307. The number of aromatic nitrogens is 2. The lowest BCUT2D eigenvalue weighted by Crippen LogP contribution is -2.19. The minimum Gasteiger partial charge on any atom is -0.464 e. The summed E-state index contributed by atoms with van der Waals surface area (Å²) in [6, 6.07) is 1.57. The number of hydrogen-bond donors (Lipinski definition) is 0. The summed E-state index contributed by atoms with van der Waals surface area (Å²) < 4.78 is 6.54. The third kappa shape index (κ3) is 2.34. The standard InChI is InChI=1S/C10H16N2O2/c1-4-9-6-7-12(11-9)8(3)10(13)14-5-2/h6-8H,4-5H2,1-3H3. The molecule has 0 N–H and O–H groups in total. The summed E-state index contributed by atoms with van der Waals surface area (Å²) in [6.45, 7) is 6.02. The minimum atomic E-state index is -0.338. The first-order chi connectivity index (χ1) is 6.69. The maximum Gasteiger partial charge on any atom is 0.330 e. The van der Waals surface area contributed by atoms with Crippen molar-refractivity contribution in [3.8, 4) is 0 Å². The minimum absolute atomic E-state index is 0.238. The Morgan fingerprint density at radius 1 is 1.64 bits per heavy atom. The van der Waals surface area contributed by atoms with E-state index >= 15 is 0 Å². The van der Waals surface area contributed by atoms with E-state index in [0.29, 0.717) is 6.61 Å². The second kappa shape index (κ2) is 4.79. The summed E-state index contributed by atoms with van der Waals surface area (Å²) in [5.41, 5.74) is 0.987. The van der Waals surface area contributed by atoms with E-state index < -0.39 is 0 Å². The van der Waals surface area contributed by atoms with Gasteiger partial charge in [-0.25, -0.2) is 4.79 Å². The highest BCUT2D eigenvalue weighted by atomic mass is 16.5. The largest absolute Gasteiger partial charge is 0.464 e. The number of nitrogens with zero attached hydrogens (tertiary/aromatic N) is 2. The van der Waals surface area contributed by atoms with Crippen molar-refractivity contribution in [3.63, 3.8) is 0 Å². The van der Waals surface area contributed by atoms with E-state index in [4.69, 9.17) is 4.74 Å². The fourth-order valence-corrected chi connectivity index (χ4v) is 1.15. The summed E-state index contributed by atoms with van der Waals surface area (Å²) in [5, 5.41) is 4.25. The summed E-state index contributed by atoms with van der Waals surface area (Å²) in [5.74, 6) is -0.238. The van der Waals surface area contributed by atoms with Crippen molar-refractivity contribution in [3.05, 3.63) is 18.0 Å². The van der Waals surface area contributed by atoms with Crippen LogP contribution >= 0.6 is 0 Å². The maximum atomic E-state index is 11.4. The number of ether oxygens (including phenoxy) is 1. The van der Waals surface area contributed by atoms with Crippen LogP contribution in [-0.2, 0) is 16.0 Å². The molecule has 0 radical (unpaired) electrons. The number of carbonyl (C=O) groups is 1. The molecule has 0 aliphatic heterocycles. The average Bonchev–Trinajstić information content (AvgIpc) is 2.65. The zero-order chi connectivity index (χ0) is 10.6. The molecule has 0 aliphatic carbocycles. The highest BCUT2D eigenvalue weighted by Crippen LogP contribution is 2.08. The van der Waals surface area contributed by atoms with E-state index in [-0.39, 0.29) is 12.0 Å². The van der Waals surface area contributed by atoms with Gasteiger partial charge in [-0.2, -0.15) is 5.10 Å².